The molecule has 0 aromatic heterocycles. The fourth-order valence-electron chi connectivity index (χ4n) is 4.42. The van der Waals surface area contributed by atoms with Gasteiger partial charge in [0.1, 0.15) is 12.2 Å². The van der Waals surface area contributed by atoms with E-state index in [0.717, 1.165) is 16.7 Å². The summed E-state index contributed by atoms with van der Waals surface area (Å²) in [7, 11) is 0. The van der Waals surface area contributed by atoms with Crippen molar-refractivity contribution in [1.82, 2.24) is 0 Å². The minimum absolute atomic E-state index is 0.155. The van der Waals surface area contributed by atoms with Gasteiger partial charge in [-0.3, -0.25) is 10.1 Å². The Morgan fingerprint density at radius 2 is 1.24 bits per heavy atom. The number of benzene rings is 3. The number of hydrogen-bond acceptors (Lipinski definition) is 7. The Morgan fingerprint density at radius 3 is 1.71 bits per heavy atom. The molecule has 0 aliphatic carbocycles. The second-order valence-corrected chi connectivity index (χ2v) is 9.53. The summed E-state index contributed by atoms with van der Waals surface area (Å²) in [5, 5.41) is 12.4. The van der Waals surface area contributed by atoms with Crippen LogP contribution in [0.5, 0.6) is 0 Å². The van der Waals surface area contributed by atoms with Crippen LogP contribution < -0.4 is 0 Å². The van der Waals surface area contributed by atoms with Crippen LogP contribution in [0.4, 0.5) is 0 Å². The molecule has 0 saturated carbocycles. The van der Waals surface area contributed by atoms with Gasteiger partial charge >= 0.3 is 0 Å². The molecule has 1 saturated heterocycles. The Hall–Kier alpha value is -3.14. The molecule has 8 heteroatoms. The minimum atomic E-state index is -1.28. The highest BCUT2D eigenvalue weighted by atomic mass is 16.7. The molecule has 5 atom stereocenters. The van der Waals surface area contributed by atoms with Crippen LogP contribution in [-0.2, 0) is 43.5 Å². The molecule has 4 rings (SSSR count). The van der Waals surface area contributed by atoms with E-state index in [1.165, 1.54) is 0 Å². The summed E-state index contributed by atoms with van der Waals surface area (Å²) >= 11 is 0. The topological polar surface area (TPSA) is 89.3 Å². The zero-order valence-electron chi connectivity index (χ0n) is 21.8. The Kier molecular flexibility index (Phi) is 10.4. The van der Waals surface area contributed by atoms with Crippen molar-refractivity contribution in [2.75, 3.05) is 6.61 Å². The molecule has 0 bridgehead atoms. The first-order valence-corrected chi connectivity index (χ1v) is 12.9. The molecule has 202 valence electrons. The van der Waals surface area contributed by atoms with Crippen molar-refractivity contribution in [3.05, 3.63) is 118 Å². The predicted molar refractivity (Wildman–Crippen MR) is 142 cm³/mol. The van der Waals surface area contributed by atoms with Crippen molar-refractivity contribution in [3.8, 4) is 0 Å². The van der Waals surface area contributed by atoms with Gasteiger partial charge in [0, 0.05) is 4.92 Å². The van der Waals surface area contributed by atoms with E-state index >= 15 is 0 Å². The van der Waals surface area contributed by atoms with E-state index in [1.54, 1.807) is 0 Å². The van der Waals surface area contributed by atoms with Crippen molar-refractivity contribution < 1.29 is 28.6 Å². The highest BCUT2D eigenvalue weighted by molar-refractivity contribution is 5.15. The zero-order valence-corrected chi connectivity index (χ0v) is 21.8. The van der Waals surface area contributed by atoms with Crippen LogP contribution in [0.15, 0.2) is 91.0 Å². The summed E-state index contributed by atoms with van der Waals surface area (Å²) in [6.45, 7) is 4.60. The molecule has 3 aromatic carbocycles. The fraction of sp³-hybridized carbons (Fsp3) is 0.400. The summed E-state index contributed by atoms with van der Waals surface area (Å²) in [5.41, 5.74) is 2.86. The van der Waals surface area contributed by atoms with Gasteiger partial charge in [-0.25, -0.2) is 0 Å². The monoisotopic (exact) mass is 521 g/mol. The van der Waals surface area contributed by atoms with Crippen LogP contribution in [0.2, 0.25) is 0 Å². The van der Waals surface area contributed by atoms with Crippen molar-refractivity contribution in [2.24, 2.45) is 0 Å². The third kappa shape index (κ3) is 7.93. The minimum Gasteiger partial charge on any atom is -0.374 e. The lowest BCUT2D eigenvalue weighted by Crippen LogP contribution is -2.63. The van der Waals surface area contributed by atoms with E-state index in [4.69, 9.17) is 23.7 Å². The maximum Gasteiger partial charge on any atom is 0.291 e. The van der Waals surface area contributed by atoms with Crippen LogP contribution in [0.25, 0.3) is 0 Å². The number of nitrogens with zero attached hydrogens (tertiary/aromatic N) is 1. The van der Waals surface area contributed by atoms with Crippen LogP contribution in [0, 0.1) is 10.1 Å². The van der Waals surface area contributed by atoms with E-state index in [0.29, 0.717) is 6.61 Å². The second kappa shape index (κ2) is 14.1. The highest BCUT2D eigenvalue weighted by Crippen LogP contribution is 2.31. The van der Waals surface area contributed by atoms with E-state index in [2.05, 4.69) is 0 Å². The number of hydrogen-bond donors (Lipinski definition) is 0. The molecule has 0 unspecified atom stereocenters. The van der Waals surface area contributed by atoms with Crippen molar-refractivity contribution >= 4 is 0 Å². The molecule has 3 aromatic rings. The Labute approximate surface area is 223 Å². The standard InChI is InChI=1S/C30H35NO7/c1-22(2)37-30-27(31(32)33)29(36-20-25-16-10-5-11-17-25)28(35-19-24-14-8-4-9-15-24)26(38-30)21-34-18-23-12-6-3-7-13-23/h3-17,22,26-30H,18-21H2,1-2H3/t26-,27-,28+,29-,30-/m1/s1. The van der Waals surface area contributed by atoms with Gasteiger partial charge in [0.15, 0.2) is 6.10 Å². The molecular formula is C30H35NO7. The van der Waals surface area contributed by atoms with E-state index in [1.807, 2.05) is 105 Å². The quantitative estimate of drug-likeness (QED) is 0.226. The molecule has 0 N–H and O–H groups in total. The molecular weight excluding hydrogens is 486 g/mol. The molecule has 0 amide bonds. The van der Waals surface area contributed by atoms with Gasteiger partial charge in [-0.1, -0.05) is 91.0 Å². The van der Waals surface area contributed by atoms with Gasteiger partial charge in [-0.05, 0) is 30.5 Å². The van der Waals surface area contributed by atoms with Crippen molar-refractivity contribution in [3.63, 3.8) is 0 Å². The molecule has 0 spiro atoms. The van der Waals surface area contributed by atoms with E-state index in [9.17, 15) is 10.1 Å². The highest BCUT2D eigenvalue weighted by Gasteiger charge is 2.55. The van der Waals surface area contributed by atoms with E-state index in [-0.39, 0.29) is 30.8 Å². The molecule has 0 radical (unpaired) electrons. The summed E-state index contributed by atoms with van der Waals surface area (Å²) in [6, 6.07) is 27.7. The third-order valence-electron chi connectivity index (χ3n) is 6.23. The van der Waals surface area contributed by atoms with Crippen LogP contribution in [-0.4, -0.2) is 48.3 Å². The van der Waals surface area contributed by atoms with Crippen LogP contribution in [0.3, 0.4) is 0 Å². The first kappa shape index (κ1) is 27.9. The van der Waals surface area contributed by atoms with Gasteiger partial charge in [0.25, 0.3) is 6.04 Å². The number of nitro groups is 1. The lowest BCUT2D eigenvalue weighted by Gasteiger charge is -2.42. The molecule has 1 heterocycles. The summed E-state index contributed by atoms with van der Waals surface area (Å²) in [5.74, 6) is 0. The fourth-order valence-corrected chi connectivity index (χ4v) is 4.42. The third-order valence-corrected chi connectivity index (χ3v) is 6.23. The normalized spacial score (nSPS) is 23.4. The maximum absolute atomic E-state index is 12.4. The summed E-state index contributed by atoms with van der Waals surface area (Å²) in [4.78, 5) is 12.0. The molecule has 1 aliphatic heterocycles. The van der Waals surface area contributed by atoms with Gasteiger partial charge < -0.3 is 23.7 Å². The average Bonchev–Trinajstić information content (AvgIpc) is 2.92. The van der Waals surface area contributed by atoms with Crippen LogP contribution in [0.1, 0.15) is 30.5 Å². The first-order chi connectivity index (χ1) is 18.5. The summed E-state index contributed by atoms with van der Waals surface area (Å²) in [6.07, 6.45) is -3.76. The largest absolute Gasteiger partial charge is 0.374 e. The summed E-state index contributed by atoms with van der Waals surface area (Å²) < 4.78 is 30.7. The lowest BCUT2D eigenvalue weighted by atomic mass is 9.96. The van der Waals surface area contributed by atoms with Gasteiger partial charge in [0.2, 0.25) is 6.29 Å². The molecule has 8 nitrogen and oxygen atoms in total. The van der Waals surface area contributed by atoms with Gasteiger partial charge in [0.05, 0.1) is 32.5 Å². The van der Waals surface area contributed by atoms with Crippen molar-refractivity contribution in [1.29, 1.82) is 0 Å². The Bertz CT molecular complexity index is 1100. The Morgan fingerprint density at radius 1 is 0.763 bits per heavy atom. The second-order valence-electron chi connectivity index (χ2n) is 9.53. The number of ether oxygens (including phenoxy) is 5. The first-order valence-electron chi connectivity index (χ1n) is 12.9. The zero-order chi connectivity index (χ0) is 26.7. The molecule has 1 aliphatic rings. The van der Waals surface area contributed by atoms with Crippen LogP contribution >= 0.6 is 0 Å². The lowest BCUT2D eigenvalue weighted by molar-refractivity contribution is -0.578. The SMILES string of the molecule is CC(C)O[C@@H]1O[C@H](COCc2ccccc2)[C@H](OCc2ccccc2)[C@H](OCc2ccccc2)[C@H]1[N+](=O)[O-]. The average molecular weight is 522 g/mol. The Balaban J connectivity index is 1.59. The van der Waals surface area contributed by atoms with E-state index < -0.39 is 30.6 Å². The predicted octanol–water partition coefficient (Wildman–Crippen LogP) is 5.17. The smallest absolute Gasteiger partial charge is 0.291 e. The molecule has 1 fully saturated rings. The van der Waals surface area contributed by atoms with Gasteiger partial charge in [-0.2, -0.15) is 0 Å². The maximum atomic E-state index is 12.4. The van der Waals surface area contributed by atoms with Crippen molar-refractivity contribution in [2.45, 2.75) is 70.4 Å². The van der Waals surface area contributed by atoms with Gasteiger partial charge in [-0.15, -0.1) is 0 Å². The number of rotatable bonds is 13. The molecule has 38 heavy (non-hydrogen) atoms.